The van der Waals surface area contributed by atoms with Gasteiger partial charge in [-0.05, 0) is 26.0 Å². The number of nitrogens with zero attached hydrogens (tertiary/aromatic N) is 2. The molecule has 10 heteroatoms. The summed E-state index contributed by atoms with van der Waals surface area (Å²) in [4.78, 5) is 24.5. The molecule has 0 aliphatic carbocycles. The van der Waals surface area contributed by atoms with Gasteiger partial charge >= 0.3 is 6.61 Å². The Kier molecular flexibility index (Phi) is 6.67. The van der Waals surface area contributed by atoms with Gasteiger partial charge in [-0.2, -0.15) is 8.78 Å². The predicted molar refractivity (Wildman–Crippen MR) is 91.9 cm³/mol. The Labute approximate surface area is 154 Å². The summed E-state index contributed by atoms with van der Waals surface area (Å²) in [7, 11) is 1.22. The van der Waals surface area contributed by atoms with Crippen molar-refractivity contribution in [1.29, 1.82) is 0 Å². The Bertz CT molecular complexity index is 730. The zero-order valence-corrected chi connectivity index (χ0v) is 15.1. The number of morpholine rings is 1. The van der Waals surface area contributed by atoms with Crippen molar-refractivity contribution in [1.82, 2.24) is 4.90 Å². The Balaban J connectivity index is 2.29. The number of alkyl halides is 2. The molecule has 1 saturated heterocycles. The van der Waals surface area contributed by atoms with E-state index < -0.39 is 23.0 Å². The third-order valence-corrected chi connectivity index (χ3v) is 3.86. The number of rotatable bonds is 6. The maximum absolute atomic E-state index is 12.5. The number of benzene rings is 1. The first-order valence-corrected chi connectivity index (χ1v) is 8.15. The molecule has 1 aromatic rings. The highest BCUT2D eigenvalue weighted by Crippen LogP contribution is 2.36. The van der Waals surface area contributed by atoms with E-state index >= 15 is 0 Å². The van der Waals surface area contributed by atoms with E-state index in [9.17, 15) is 23.7 Å². The van der Waals surface area contributed by atoms with E-state index in [-0.39, 0.29) is 29.4 Å². The largest absolute Gasteiger partial charge is 0.493 e. The highest BCUT2D eigenvalue weighted by Gasteiger charge is 2.25. The average Bonchev–Trinajstić information content (AvgIpc) is 2.58. The summed E-state index contributed by atoms with van der Waals surface area (Å²) in [5.41, 5.74) is -0.458. The first-order chi connectivity index (χ1) is 12.7. The Hall–Kier alpha value is -2.75. The van der Waals surface area contributed by atoms with Crippen molar-refractivity contribution in [2.45, 2.75) is 32.7 Å². The number of carbonyl (C=O) groups excluding carboxylic acids is 1. The van der Waals surface area contributed by atoms with Gasteiger partial charge in [0.2, 0.25) is 5.91 Å². The first kappa shape index (κ1) is 20.6. The van der Waals surface area contributed by atoms with Gasteiger partial charge in [0.25, 0.3) is 5.69 Å². The van der Waals surface area contributed by atoms with Crippen molar-refractivity contribution in [3.05, 3.63) is 33.9 Å². The lowest BCUT2D eigenvalue weighted by molar-refractivity contribution is -0.385. The van der Waals surface area contributed by atoms with Crippen LogP contribution in [0.1, 0.15) is 19.4 Å². The van der Waals surface area contributed by atoms with Gasteiger partial charge in [0.05, 0.1) is 35.9 Å². The number of ether oxygens (including phenoxy) is 3. The highest BCUT2D eigenvalue weighted by atomic mass is 19.3. The summed E-state index contributed by atoms with van der Waals surface area (Å²) in [6, 6.07) is 2.01. The van der Waals surface area contributed by atoms with E-state index in [0.29, 0.717) is 13.1 Å². The number of methoxy groups -OCH3 is 1. The molecular formula is C17H20F2N2O6. The van der Waals surface area contributed by atoms with E-state index in [1.165, 1.54) is 25.3 Å². The van der Waals surface area contributed by atoms with Gasteiger partial charge < -0.3 is 19.1 Å². The van der Waals surface area contributed by atoms with Crippen molar-refractivity contribution in [3.8, 4) is 11.5 Å². The van der Waals surface area contributed by atoms with Crippen LogP contribution in [0.3, 0.4) is 0 Å². The molecule has 0 aromatic heterocycles. The standard InChI is InChI=1S/C17H20F2N2O6/c1-10-8-20(9-11(2)26-10)16(22)5-4-12-6-14(25-3)15(27-17(18)19)7-13(12)21(23)24/h4-7,10-11,17H,8-9H2,1-3H3/b5-4+. The molecule has 27 heavy (non-hydrogen) atoms. The average molecular weight is 386 g/mol. The summed E-state index contributed by atoms with van der Waals surface area (Å²) in [6.45, 7) is 1.33. The van der Waals surface area contributed by atoms with E-state index in [0.717, 1.165) is 6.07 Å². The van der Waals surface area contributed by atoms with Crippen LogP contribution in [0, 0.1) is 10.1 Å². The normalized spacial score (nSPS) is 20.1. The van der Waals surface area contributed by atoms with Crippen molar-refractivity contribution < 1.29 is 32.7 Å². The molecule has 1 amide bonds. The van der Waals surface area contributed by atoms with Crippen LogP contribution in [-0.4, -0.2) is 54.7 Å². The smallest absolute Gasteiger partial charge is 0.387 e. The van der Waals surface area contributed by atoms with Crippen molar-refractivity contribution in [3.63, 3.8) is 0 Å². The van der Waals surface area contributed by atoms with Crippen molar-refractivity contribution in [2.24, 2.45) is 0 Å². The number of nitro groups is 1. The van der Waals surface area contributed by atoms with Gasteiger partial charge in [-0.15, -0.1) is 0 Å². The quantitative estimate of drug-likeness (QED) is 0.424. The fraction of sp³-hybridized carbons (Fsp3) is 0.471. The number of carbonyl (C=O) groups is 1. The molecule has 0 radical (unpaired) electrons. The minimum absolute atomic E-state index is 0.0289. The van der Waals surface area contributed by atoms with Crippen LogP contribution in [-0.2, 0) is 9.53 Å². The molecule has 0 spiro atoms. The topological polar surface area (TPSA) is 91.1 Å². The summed E-state index contributed by atoms with van der Waals surface area (Å²) < 4.78 is 39.7. The van der Waals surface area contributed by atoms with Gasteiger partial charge in [0, 0.05) is 19.2 Å². The van der Waals surface area contributed by atoms with Gasteiger partial charge in [0.15, 0.2) is 11.5 Å². The second-order valence-corrected chi connectivity index (χ2v) is 6.03. The van der Waals surface area contributed by atoms with Crippen LogP contribution in [0.2, 0.25) is 0 Å². The van der Waals surface area contributed by atoms with Crippen LogP contribution < -0.4 is 9.47 Å². The van der Waals surface area contributed by atoms with Crippen LogP contribution in [0.4, 0.5) is 14.5 Å². The van der Waals surface area contributed by atoms with Gasteiger partial charge in [-0.1, -0.05) is 0 Å². The first-order valence-electron chi connectivity index (χ1n) is 8.15. The molecule has 8 nitrogen and oxygen atoms in total. The minimum atomic E-state index is -3.16. The van der Waals surface area contributed by atoms with Crippen LogP contribution in [0.5, 0.6) is 11.5 Å². The van der Waals surface area contributed by atoms with Crippen LogP contribution in [0.25, 0.3) is 6.08 Å². The molecule has 1 aliphatic rings. The Morgan fingerprint density at radius 1 is 1.33 bits per heavy atom. The van der Waals surface area contributed by atoms with E-state index in [4.69, 9.17) is 9.47 Å². The molecule has 0 bridgehead atoms. The lowest BCUT2D eigenvalue weighted by Crippen LogP contribution is -2.47. The van der Waals surface area contributed by atoms with Crippen LogP contribution >= 0.6 is 0 Å². The second kappa shape index (κ2) is 8.76. The summed E-state index contributed by atoms with van der Waals surface area (Å²) in [6.07, 6.45) is 2.21. The number of nitro benzene ring substituents is 1. The molecule has 0 saturated carbocycles. The van der Waals surface area contributed by atoms with Gasteiger partial charge in [0.1, 0.15) is 0 Å². The third kappa shape index (κ3) is 5.36. The zero-order chi connectivity index (χ0) is 20.1. The number of halogens is 2. The zero-order valence-electron chi connectivity index (χ0n) is 15.1. The maximum atomic E-state index is 12.5. The molecule has 2 atom stereocenters. The number of amides is 1. The van der Waals surface area contributed by atoms with Gasteiger partial charge in [-0.3, -0.25) is 14.9 Å². The molecule has 2 rings (SSSR count). The SMILES string of the molecule is COc1cc(/C=C/C(=O)N2CC(C)OC(C)C2)c([N+](=O)[O-])cc1OC(F)F. The summed E-state index contributed by atoms with van der Waals surface area (Å²) in [5, 5.41) is 11.3. The highest BCUT2D eigenvalue weighted by molar-refractivity contribution is 5.92. The molecule has 1 aromatic carbocycles. The second-order valence-electron chi connectivity index (χ2n) is 6.03. The van der Waals surface area contributed by atoms with E-state index in [2.05, 4.69) is 4.74 Å². The maximum Gasteiger partial charge on any atom is 0.387 e. The third-order valence-electron chi connectivity index (χ3n) is 3.86. The number of hydrogen-bond donors (Lipinski definition) is 0. The lowest BCUT2D eigenvalue weighted by Gasteiger charge is -2.34. The molecule has 1 aliphatic heterocycles. The lowest BCUT2D eigenvalue weighted by atomic mass is 10.1. The molecular weight excluding hydrogens is 366 g/mol. The summed E-state index contributed by atoms with van der Waals surface area (Å²) in [5.74, 6) is -0.904. The fourth-order valence-corrected chi connectivity index (χ4v) is 2.83. The fourth-order valence-electron chi connectivity index (χ4n) is 2.83. The van der Waals surface area contributed by atoms with E-state index in [1.54, 1.807) is 4.90 Å². The molecule has 148 valence electrons. The predicted octanol–water partition coefficient (Wildman–Crippen LogP) is 2.85. The van der Waals surface area contributed by atoms with Crippen LogP contribution in [0.15, 0.2) is 18.2 Å². The molecule has 1 heterocycles. The van der Waals surface area contributed by atoms with Crippen molar-refractivity contribution in [2.75, 3.05) is 20.2 Å². The minimum Gasteiger partial charge on any atom is -0.493 e. The van der Waals surface area contributed by atoms with E-state index in [1.807, 2.05) is 13.8 Å². The molecule has 2 unspecified atom stereocenters. The Morgan fingerprint density at radius 2 is 1.96 bits per heavy atom. The number of hydrogen-bond acceptors (Lipinski definition) is 6. The monoisotopic (exact) mass is 386 g/mol. The van der Waals surface area contributed by atoms with Gasteiger partial charge in [-0.25, -0.2) is 0 Å². The summed E-state index contributed by atoms with van der Waals surface area (Å²) >= 11 is 0. The molecule has 1 fully saturated rings. The molecule has 0 N–H and O–H groups in total. The Morgan fingerprint density at radius 3 is 2.48 bits per heavy atom. The van der Waals surface area contributed by atoms with Crippen molar-refractivity contribution >= 4 is 17.7 Å².